The first-order valence-corrected chi connectivity index (χ1v) is 8.78. The van der Waals surface area contributed by atoms with E-state index in [-0.39, 0.29) is 5.41 Å². The molecule has 0 heterocycles. The van der Waals surface area contributed by atoms with Crippen molar-refractivity contribution in [2.24, 2.45) is 0 Å². The van der Waals surface area contributed by atoms with Crippen LogP contribution in [0.2, 0.25) is 5.02 Å². The zero-order valence-electron chi connectivity index (χ0n) is 14.3. The largest absolute Gasteiger partial charge is 0.100 e. The summed E-state index contributed by atoms with van der Waals surface area (Å²) in [7, 11) is 0. The number of hydrogen-bond acceptors (Lipinski definition) is 0. The highest BCUT2D eigenvalue weighted by Crippen LogP contribution is 2.50. The van der Waals surface area contributed by atoms with Gasteiger partial charge in [0.05, 0.1) is 0 Å². The lowest BCUT2D eigenvalue weighted by Crippen LogP contribution is -2.35. The first-order chi connectivity index (χ1) is 10.9. The van der Waals surface area contributed by atoms with Crippen molar-refractivity contribution in [1.82, 2.24) is 0 Å². The molecule has 0 nitrogen and oxygen atoms in total. The monoisotopic (exact) mass is 324 g/mol. The third kappa shape index (κ3) is 2.97. The van der Waals surface area contributed by atoms with Crippen molar-refractivity contribution >= 4 is 11.6 Å². The maximum Gasteiger partial charge on any atom is 0.0438 e. The standard InChI is InChI=1S/C22H25Cl/c1-15(2)13-20-19-8-6-5-7-17(19)11-12-22(20,4)18-10-9-16(3)21(23)14-18/h5-10,14,20H,1,11-13H2,2-4H3. The summed E-state index contributed by atoms with van der Waals surface area (Å²) in [4.78, 5) is 0. The normalized spacial score (nSPS) is 23.4. The Morgan fingerprint density at radius 1 is 1.26 bits per heavy atom. The second-order valence-electron chi connectivity index (χ2n) is 7.29. The Hall–Kier alpha value is -1.53. The average molecular weight is 325 g/mol. The van der Waals surface area contributed by atoms with Crippen LogP contribution < -0.4 is 0 Å². The predicted molar refractivity (Wildman–Crippen MR) is 100 cm³/mol. The zero-order chi connectivity index (χ0) is 16.6. The molecule has 0 fully saturated rings. The quantitative estimate of drug-likeness (QED) is 0.558. The highest BCUT2D eigenvalue weighted by Gasteiger charge is 2.40. The van der Waals surface area contributed by atoms with Crippen LogP contribution in [-0.4, -0.2) is 0 Å². The molecule has 0 amide bonds. The Morgan fingerprint density at radius 3 is 2.70 bits per heavy atom. The summed E-state index contributed by atoms with van der Waals surface area (Å²) in [6.07, 6.45) is 3.31. The molecular formula is C22H25Cl. The molecule has 0 saturated heterocycles. The Morgan fingerprint density at radius 2 is 2.00 bits per heavy atom. The Kier molecular flexibility index (Phi) is 4.38. The first-order valence-electron chi connectivity index (χ1n) is 8.40. The van der Waals surface area contributed by atoms with Gasteiger partial charge in [0, 0.05) is 10.4 Å². The summed E-state index contributed by atoms with van der Waals surface area (Å²) in [6.45, 7) is 10.8. The molecule has 0 aromatic heterocycles. The van der Waals surface area contributed by atoms with Gasteiger partial charge in [-0.25, -0.2) is 0 Å². The van der Waals surface area contributed by atoms with Gasteiger partial charge in [0.1, 0.15) is 0 Å². The summed E-state index contributed by atoms with van der Waals surface area (Å²) in [6, 6.07) is 15.5. The van der Waals surface area contributed by atoms with E-state index in [9.17, 15) is 0 Å². The second-order valence-corrected chi connectivity index (χ2v) is 7.70. The number of halogens is 1. The van der Waals surface area contributed by atoms with Gasteiger partial charge in [0.15, 0.2) is 0 Å². The molecule has 2 atom stereocenters. The fourth-order valence-electron chi connectivity index (χ4n) is 3.99. The molecule has 2 aromatic rings. The SMILES string of the molecule is C=C(C)CC1c2ccccc2CCC1(C)c1ccc(C)c(Cl)c1. The minimum atomic E-state index is 0.102. The molecule has 120 valence electrons. The van der Waals surface area contributed by atoms with Gasteiger partial charge in [-0.05, 0) is 67.3 Å². The van der Waals surface area contributed by atoms with Gasteiger partial charge < -0.3 is 0 Å². The lowest BCUT2D eigenvalue weighted by molar-refractivity contribution is 0.324. The summed E-state index contributed by atoms with van der Waals surface area (Å²) in [5.74, 6) is 0.462. The summed E-state index contributed by atoms with van der Waals surface area (Å²) < 4.78 is 0. The number of allylic oxidation sites excluding steroid dienone is 1. The zero-order valence-corrected chi connectivity index (χ0v) is 15.1. The fraction of sp³-hybridized carbons (Fsp3) is 0.364. The molecule has 3 rings (SSSR count). The molecule has 0 radical (unpaired) electrons. The van der Waals surface area contributed by atoms with E-state index in [1.54, 1.807) is 0 Å². The first kappa shape index (κ1) is 16.3. The maximum absolute atomic E-state index is 6.43. The molecular weight excluding hydrogens is 300 g/mol. The third-order valence-corrected chi connectivity index (χ3v) is 5.90. The van der Waals surface area contributed by atoms with Gasteiger partial charge in [-0.1, -0.05) is 60.5 Å². The van der Waals surface area contributed by atoms with E-state index in [1.807, 2.05) is 0 Å². The predicted octanol–water partition coefficient (Wildman–Crippen LogP) is 6.60. The molecule has 0 spiro atoms. The Bertz CT molecular complexity index is 743. The van der Waals surface area contributed by atoms with Gasteiger partial charge in [0.2, 0.25) is 0 Å². The lowest BCUT2D eigenvalue weighted by atomic mass is 9.60. The van der Waals surface area contributed by atoms with E-state index in [0.29, 0.717) is 5.92 Å². The van der Waals surface area contributed by atoms with Gasteiger partial charge in [0.25, 0.3) is 0 Å². The minimum absolute atomic E-state index is 0.102. The summed E-state index contributed by atoms with van der Waals surface area (Å²) in [5.41, 5.74) is 6.83. The molecule has 0 saturated carbocycles. The Labute approximate surface area is 145 Å². The molecule has 1 heteroatoms. The van der Waals surface area contributed by atoms with E-state index in [0.717, 1.165) is 29.8 Å². The molecule has 0 N–H and O–H groups in total. The highest BCUT2D eigenvalue weighted by atomic mass is 35.5. The number of benzene rings is 2. The van der Waals surface area contributed by atoms with Crippen LogP contribution in [0.3, 0.4) is 0 Å². The third-order valence-electron chi connectivity index (χ3n) is 5.50. The van der Waals surface area contributed by atoms with Crippen molar-refractivity contribution in [3.63, 3.8) is 0 Å². The summed E-state index contributed by atoms with van der Waals surface area (Å²) in [5, 5.41) is 0.872. The molecule has 23 heavy (non-hydrogen) atoms. The Balaban J connectivity index is 2.12. The van der Waals surface area contributed by atoms with Crippen LogP contribution in [0.15, 0.2) is 54.6 Å². The van der Waals surface area contributed by atoms with Crippen molar-refractivity contribution in [2.75, 3.05) is 0 Å². The molecule has 2 aromatic carbocycles. The van der Waals surface area contributed by atoms with E-state index in [4.69, 9.17) is 11.6 Å². The lowest BCUT2D eigenvalue weighted by Gasteiger charge is -2.44. The molecule has 1 aliphatic carbocycles. The minimum Gasteiger partial charge on any atom is -0.100 e. The van der Waals surface area contributed by atoms with Crippen LogP contribution in [-0.2, 0) is 11.8 Å². The highest BCUT2D eigenvalue weighted by molar-refractivity contribution is 6.31. The van der Waals surface area contributed by atoms with Gasteiger partial charge in [-0.15, -0.1) is 6.58 Å². The van der Waals surface area contributed by atoms with Crippen LogP contribution in [0, 0.1) is 6.92 Å². The van der Waals surface area contributed by atoms with Crippen LogP contribution >= 0.6 is 11.6 Å². The van der Waals surface area contributed by atoms with E-state index >= 15 is 0 Å². The van der Waals surface area contributed by atoms with E-state index < -0.39 is 0 Å². The average Bonchev–Trinajstić information content (AvgIpc) is 2.52. The number of aryl methyl sites for hydroxylation is 2. The number of fused-ring (bicyclic) bond motifs is 1. The fourth-order valence-corrected chi connectivity index (χ4v) is 4.17. The molecule has 2 unspecified atom stereocenters. The number of rotatable bonds is 3. The maximum atomic E-state index is 6.43. The topological polar surface area (TPSA) is 0 Å². The summed E-state index contributed by atoms with van der Waals surface area (Å²) >= 11 is 6.43. The molecule has 1 aliphatic rings. The van der Waals surface area contributed by atoms with Crippen LogP contribution in [0.4, 0.5) is 0 Å². The molecule has 0 aliphatic heterocycles. The van der Waals surface area contributed by atoms with Crippen molar-refractivity contribution in [3.05, 3.63) is 81.9 Å². The smallest absolute Gasteiger partial charge is 0.0438 e. The van der Waals surface area contributed by atoms with Crippen molar-refractivity contribution in [1.29, 1.82) is 0 Å². The van der Waals surface area contributed by atoms with Gasteiger partial charge >= 0.3 is 0 Å². The second kappa shape index (κ2) is 6.17. The van der Waals surface area contributed by atoms with Crippen LogP contribution in [0.25, 0.3) is 0 Å². The number of hydrogen-bond donors (Lipinski definition) is 0. The molecule has 0 bridgehead atoms. The van der Waals surface area contributed by atoms with Crippen molar-refractivity contribution in [3.8, 4) is 0 Å². The van der Waals surface area contributed by atoms with Gasteiger partial charge in [-0.3, -0.25) is 0 Å². The van der Waals surface area contributed by atoms with Crippen LogP contribution in [0.1, 0.15) is 54.9 Å². The van der Waals surface area contributed by atoms with E-state index in [1.165, 1.54) is 22.3 Å². The van der Waals surface area contributed by atoms with Crippen molar-refractivity contribution in [2.45, 2.75) is 51.4 Å². The van der Waals surface area contributed by atoms with Crippen LogP contribution in [0.5, 0.6) is 0 Å². The van der Waals surface area contributed by atoms with E-state index in [2.05, 4.69) is 69.8 Å². The van der Waals surface area contributed by atoms with Crippen molar-refractivity contribution < 1.29 is 0 Å². The van der Waals surface area contributed by atoms with Gasteiger partial charge in [-0.2, -0.15) is 0 Å².